The molecule has 0 atom stereocenters. The molecule has 11 nitrogen and oxygen atoms in total. The van der Waals surface area contributed by atoms with Gasteiger partial charge in [0.1, 0.15) is 12.1 Å². The summed E-state index contributed by atoms with van der Waals surface area (Å²) in [5.74, 6) is 0.578. The Hall–Kier alpha value is -3.46. The van der Waals surface area contributed by atoms with Gasteiger partial charge in [-0.15, -0.1) is 24.0 Å². The van der Waals surface area contributed by atoms with Crippen LogP contribution in [-0.2, 0) is 41.2 Å². The van der Waals surface area contributed by atoms with E-state index >= 15 is 0 Å². The molecule has 5 rings (SSSR count). The number of aliphatic hydroxyl groups is 2. The molecule has 5 aromatic rings. The van der Waals surface area contributed by atoms with Gasteiger partial charge in [-0.25, -0.2) is 0 Å². The number of aliphatic hydroxyl groups excluding tert-OH is 2. The van der Waals surface area contributed by atoms with E-state index in [1.54, 1.807) is 55.5 Å². The third kappa shape index (κ3) is 20.8. The Morgan fingerprint density at radius 2 is 0.919 bits per heavy atom. The van der Waals surface area contributed by atoms with E-state index in [-0.39, 0.29) is 35.7 Å². The summed E-state index contributed by atoms with van der Waals surface area (Å²) in [5, 5.41) is 35.2. The molecular formula is C45H61Br2Cl2N7O4Si2. The maximum absolute atomic E-state index is 8.97. The van der Waals surface area contributed by atoms with Crippen LogP contribution in [0.15, 0.2) is 101 Å². The Morgan fingerprint density at radius 1 is 0.581 bits per heavy atom. The monoisotopic (exact) mass is 1050 g/mol. The third-order valence-corrected chi connectivity index (χ3v) is 20.9. The highest BCUT2D eigenvalue weighted by atomic mass is 79.9. The summed E-state index contributed by atoms with van der Waals surface area (Å²) in [4.78, 5) is 19.5. The Bertz CT molecular complexity index is 2120. The summed E-state index contributed by atoms with van der Waals surface area (Å²) in [5.41, 5.74) is 6.94. The Morgan fingerprint density at radius 3 is 1.24 bits per heavy atom. The minimum atomic E-state index is -1.75. The highest BCUT2D eigenvalue weighted by molar-refractivity contribution is 9.10. The van der Waals surface area contributed by atoms with E-state index < -0.39 is 16.6 Å². The minimum Gasteiger partial charge on any atom is -0.413 e. The quantitative estimate of drug-likeness (QED) is 0.106. The number of aryl methyl sites for hydroxylation is 1. The molecule has 336 valence electrons. The Kier molecular flexibility index (Phi) is 27.5. The van der Waals surface area contributed by atoms with Gasteiger partial charge >= 0.3 is 0 Å². The lowest BCUT2D eigenvalue weighted by Gasteiger charge is -2.36. The minimum absolute atomic E-state index is 0. The molecule has 0 aromatic carbocycles. The van der Waals surface area contributed by atoms with Crippen molar-refractivity contribution in [2.45, 2.75) is 117 Å². The number of halogens is 4. The fraction of sp³-hybridized carbons (Fsp3) is 0.400. The highest BCUT2D eigenvalue weighted by Crippen LogP contribution is 2.38. The molecule has 17 heteroatoms. The number of hydrogen-bond acceptors (Lipinski definition) is 11. The van der Waals surface area contributed by atoms with Crippen LogP contribution in [0.25, 0.3) is 0 Å². The number of aromatic nitrogens is 5. The lowest BCUT2D eigenvalue weighted by atomic mass is 10.2. The SMILES string of the molecule is CC(C)(C)[Si](C)(C)OCc1ccncc1Br.CC(C)(C)[Si](C)(C)OCc1ccncc1C#N.Cc1cnccc1CCl.Cl.N#Cc1cnccc1CO.OCc1ccncc1Br. The van der Waals surface area contributed by atoms with Gasteiger partial charge in [-0.1, -0.05) is 41.5 Å². The summed E-state index contributed by atoms with van der Waals surface area (Å²) < 4.78 is 14.1. The van der Waals surface area contributed by atoms with Crippen LogP contribution in [0.2, 0.25) is 36.3 Å². The van der Waals surface area contributed by atoms with Crippen molar-refractivity contribution >= 4 is 72.5 Å². The van der Waals surface area contributed by atoms with E-state index in [1.807, 2.05) is 43.6 Å². The van der Waals surface area contributed by atoms with E-state index in [0.29, 0.717) is 35.8 Å². The molecule has 5 aromatic heterocycles. The maximum atomic E-state index is 8.97. The highest BCUT2D eigenvalue weighted by Gasteiger charge is 2.38. The second-order valence-electron chi connectivity index (χ2n) is 16.6. The first kappa shape index (κ1) is 58.5. The van der Waals surface area contributed by atoms with E-state index in [1.165, 1.54) is 11.8 Å². The maximum Gasteiger partial charge on any atom is 0.192 e. The number of nitriles is 2. The van der Waals surface area contributed by atoms with E-state index in [9.17, 15) is 0 Å². The summed E-state index contributed by atoms with van der Waals surface area (Å²) in [6, 6.07) is 13.2. The molecule has 0 unspecified atom stereocenters. The molecule has 2 N–H and O–H groups in total. The molecule has 0 aliphatic heterocycles. The van der Waals surface area contributed by atoms with Gasteiger partial charge in [0.2, 0.25) is 0 Å². The van der Waals surface area contributed by atoms with E-state index in [0.717, 1.165) is 31.2 Å². The number of pyridine rings is 5. The van der Waals surface area contributed by atoms with Gasteiger partial charge in [-0.05, 0) is 139 Å². The largest absolute Gasteiger partial charge is 0.413 e. The van der Waals surface area contributed by atoms with Crippen LogP contribution in [-0.4, -0.2) is 51.8 Å². The summed E-state index contributed by atoms with van der Waals surface area (Å²) >= 11 is 12.3. The van der Waals surface area contributed by atoms with Gasteiger partial charge < -0.3 is 19.1 Å². The second-order valence-corrected chi connectivity index (χ2v) is 28.2. The first-order valence-electron chi connectivity index (χ1n) is 19.4. The molecule has 0 amide bonds. The molecule has 62 heavy (non-hydrogen) atoms. The first-order valence-corrected chi connectivity index (χ1v) is 27.3. The van der Waals surface area contributed by atoms with Crippen LogP contribution in [0.1, 0.15) is 86.1 Å². The van der Waals surface area contributed by atoms with Crippen LogP contribution in [0.3, 0.4) is 0 Å². The molecule has 0 bridgehead atoms. The molecule has 0 saturated carbocycles. The zero-order valence-corrected chi connectivity index (χ0v) is 44.3. The van der Waals surface area contributed by atoms with Crippen LogP contribution in [0.4, 0.5) is 0 Å². The number of hydrogen-bond donors (Lipinski definition) is 2. The van der Waals surface area contributed by atoms with Crippen molar-refractivity contribution < 1.29 is 19.1 Å². The zero-order valence-electron chi connectivity index (χ0n) is 37.6. The Balaban J connectivity index is 0.000000767. The van der Waals surface area contributed by atoms with Crippen molar-refractivity contribution in [3.05, 3.63) is 146 Å². The average molecular weight is 1050 g/mol. The zero-order chi connectivity index (χ0) is 46.3. The van der Waals surface area contributed by atoms with Crippen LogP contribution >= 0.6 is 55.9 Å². The number of alkyl halides is 1. The Labute approximate surface area is 399 Å². The number of nitrogens with zero attached hydrogens (tertiary/aromatic N) is 7. The summed E-state index contributed by atoms with van der Waals surface area (Å²) in [6.45, 7) is 25.4. The van der Waals surface area contributed by atoms with Gasteiger partial charge in [-0.2, -0.15) is 10.5 Å². The number of rotatable bonds is 9. The molecule has 5 heterocycles. The lowest BCUT2D eigenvalue weighted by molar-refractivity contribution is 0.275. The van der Waals surface area contributed by atoms with Gasteiger partial charge in [-0.3, -0.25) is 24.9 Å². The summed E-state index contributed by atoms with van der Waals surface area (Å²) in [6.07, 6.45) is 16.8. The lowest BCUT2D eigenvalue weighted by Crippen LogP contribution is -2.40. The summed E-state index contributed by atoms with van der Waals surface area (Å²) in [7, 11) is -3.41. The average Bonchev–Trinajstić information content (AvgIpc) is 3.23. The van der Waals surface area contributed by atoms with Gasteiger partial charge in [0.15, 0.2) is 16.6 Å². The van der Waals surface area contributed by atoms with Crippen LogP contribution in [0, 0.1) is 29.6 Å². The van der Waals surface area contributed by atoms with Crippen molar-refractivity contribution in [1.82, 2.24) is 24.9 Å². The molecule has 0 aliphatic carbocycles. The molecular weight excluding hydrogens is 989 g/mol. The topological polar surface area (TPSA) is 171 Å². The fourth-order valence-corrected chi connectivity index (χ4v) is 6.91. The standard InChI is InChI=1S/C13H20N2OSi.C12H20BrNOSi.C7H8ClN.C7H6N2O.C6H6BrNO.ClH/c1-13(2,3)17(4,5)16-10-11-6-7-15-9-12(11)8-14;1-12(2,3)16(4,5)15-9-10-6-7-14-8-11(10)13;1-6-5-9-3-2-7(6)4-8;8-3-7-4-9-2-1-6(7)5-10;7-6-3-8-2-1-5(6)4-9;/h6-7,9H,10H2,1-5H3;6-8H,9H2,1-5H3;2-3,5H,4H2,1H3;1-2,4,10H,5H2;1-3,9H,4H2;1H. The molecule has 0 saturated heterocycles. The van der Waals surface area contributed by atoms with E-state index in [4.69, 9.17) is 41.2 Å². The third-order valence-electron chi connectivity index (χ3n) is 10.2. The fourth-order valence-electron chi connectivity index (χ4n) is 3.97. The predicted molar refractivity (Wildman–Crippen MR) is 263 cm³/mol. The second kappa shape index (κ2) is 29.1. The molecule has 0 radical (unpaired) electrons. The van der Waals surface area contributed by atoms with Crippen molar-refractivity contribution in [2.75, 3.05) is 0 Å². The van der Waals surface area contributed by atoms with Crippen LogP contribution in [0.5, 0.6) is 0 Å². The normalized spacial score (nSPS) is 10.9. The first-order chi connectivity index (χ1) is 28.6. The van der Waals surface area contributed by atoms with Crippen molar-refractivity contribution in [2.24, 2.45) is 0 Å². The van der Waals surface area contributed by atoms with Gasteiger partial charge in [0, 0.05) is 76.8 Å². The molecule has 0 aliphatic rings. The van der Waals surface area contributed by atoms with Gasteiger partial charge in [0.05, 0.1) is 37.6 Å². The molecule has 0 spiro atoms. The smallest absolute Gasteiger partial charge is 0.192 e. The predicted octanol–water partition coefficient (Wildman–Crippen LogP) is 12.2. The van der Waals surface area contributed by atoms with Crippen molar-refractivity contribution in [3.8, 4) is 12.1 Å². The van der Waals surface area contributed by atoms with Crippen LogP contribution < -0.4 is 0 Å². The van der Waals surface area contributed by atoms with E-state index in [2.05, 4.69) is 131 Å². The van der Waals surface area contributed by atoms with Crippen molar-refractivity contribution in [3.63, 3.8) is 0 Å². The molecule has 0 fully saturated rings. The van der Waals surface area contributed by atoms with Gasteiger partial charge in [0.25, 0.3) is 0 Å². The van der Waals surface area contributed by atoms with Crippen molar-refractivity contribution in [1.29, 1.82) is 10.5 Å².